The van der Waals surface area contributed by atoms with Crippen LogP contribution in [0.25, 0.3) is 0 Å². The number of hydrogen-bond acceptors (Lipinski definition) is 9. The van der Waals surface area contributed by atoms with Crippen LogP contribution in [-0.2, 0) is 33.4 Å². The first kappa shape index (κ1) is 51.7. The highest BCUT2D eigenvalue weighted by Crippen LogP contribution is 2.27. The molecule has 8 atom stereocenters. The lowest BCUT2D eigenvalue weighted by molar-refractivity contribution is -0.138. The summed E-state index contributed by atoms with van der Waals surface area (Å²) in [6.07, 6.45) is 6.23. The molecule has 3 aliphatic heterocycles. The third kappa shape index (κ3) is 22.9. The summed E-state index contributed by atoms with van der Waals surface area (Å²) < 4.78 is 15.1. The summed E-state index contributed by atoms with van der Waals surface area (Å²) in [6, 6.07) is 0.664. The molecule has 4 unspecified atom stereocenters. The van der Waals surface area contributed by atoms with Crippen molar-refractivity contribution in [3.63, 3.8) is 0 Å². The van der Waals surface area contributed by atoms with Crippen molar-refractivity contribution in [2.75, 3.05) is 73.9 Å². The number of ether oxygens (including phenoxy) is 3. The Morgan fingerprint density at radius 3 is 1.48 bits per heavy atom. The van der Waals surface area contributed by atoms with Crippen LogP contribution >= 0.6 is 0 Å². The Labute approximate surface area is 327 Å². The van der Waals surface area contributed by atoms with Crippen LogP contribution in [0.1, 0.15) is 107 Å². The molecular weight excluding hydrogens is 692 g/mol. The van der Waals surface area contributed by atoms with E-state index in [1.54, 1.807) is 21.3 Å². The van der Waals surface area contributed by atoms with E-state index < -0.39 is 5.97 Å². The summed E-state index contributed by atoms with van der Waals surface area (Å²) in [5, 5.41) is 20.3. The number of carboxylic acids is 1. The maximum Gasteiger partial charge on any atom is 0.303 e. The van der Waals surface area contributed by atoms with Crippen molar-refractivity contribution in [3.05, 3.63) is 0 Å². The standard InChI is InChI=1S/C12H23NO2.C11H21NO2.C9H19NO3.C9H17NO2/c1-9(2)13-7-11(6-12(13)14)5-10(3)8-15-4;1-8(2)12-6-10(5-11(12)14)4-9(3)7-13;1-7(6-13-2)3-8(5-10)4-9(11)12;1-7(6-12-2)3-8-4-9(11)10-5-8/h9-11H,5-8H2,1-4H3;8-10,13H,4-7H2,1-3H3;7-8H,3-6,10H2,1-2H3,(H,11,12);7-8H,3-6H2,1-2H3,(H,10,11)/t10?,11-;9?,10-;2*7?,8-/m0000/s1. The summed E-state index contributed by atoms with van der Waals surface area (Å²) in [4.78, 5) is 48.4. The Morgan fingerprint density at radius 1 is 0.722 bits per heavy atom. The van der Waals surface area contributed by atoms with Crippen LogP contribution < -0.4 is 11.1 Å². The maximum atomic E-state index is 11.7. The van der Waals surface area contributed by atoms with Gasteiger partial charge < -0.3 is 45.3 Å². The second-order valence-corrected chi connectivity index (χ2v) is 16.9. The Bertz CT molecular complexity index is 1050. The van der Waals surface area contributed by atoms with Crippen molar-refractivity contribution < 1.29 is 43.6 Å². The minimum absolute atomic E-state index is 0.0719. The van der Waals surface area contributed by atoms with Gasteiger partial charge in [-0.15, -0.1) is 0 Å². The molecule has 3 rings (SSSR count). The van der Waals surface area contributed by atoms with Crippen LogP contribution in [0, 0.1) is 47.3 Å². The molecular formula is C41H80N4O9. The Hall–Kier alpha value is -2.32. The van der Waals surface area contributed by atoms with E-state index in [1.165, 1.54) is 0 Å². The highest BCUT2D eigenvalue weighted by Gasteiger charge is 2.32. The Kier molecular flexibility index (Phi) is 27.7. The number of carboxylic acid groups (broad SMARTS) is 1. The zero-order valence-corrected chi connectivity index (χ0v) is 35.8. The normalized spacial score (nSPS) is 22.4. The summed E-state index contributed by atoms with van der Waals surface area (Å²) >= 11 is 0. The molecule has 3 amide bonds. The predicted octanol–water partition coefficient (Wildman–Crippen LogP) is 4.68. The lowest BCUT2D eigenvalue weighted by Gasteiger charge is -2.21. The van der Waals surface area contributed by atoms with E-state index in [0.717, 1.165) is 65.0 Å². The number of amides is 3. The lowest BCUT2D eigenvalue weighted by Crippen LogP contribution is -2.32. The van der Waals surface area contributed by atoms with Gasteiger partial charge in [0.25, 0.3) is 0 Å². The fourth-order valence-electron chi connectivity index (χ4n) is 7.68. The van der Waals surface area contributed by atoms with Gasteiger partial charge in [-0.1, -0.05) is 27.7 Å². The Morgan fingerprint density at radius 2 is 1.15 bits per heavy atom. The van der Waals surface area contributed by atoms with Crippen LogP contribution in [0.5, 0.6) is 0 Å². The average molecular weight is 773 g/mol. The first-order valence-corrected chi connectivity index (χ1v) is 20.3. The third-order valence-corrected chi connectivity index (χ3v) is 10.2. The van der Waals surface area contributed by atoms with Gasteiger partial charge in [0.2, 0.25) is 17.7 Å². The average Bonchev–Trinajstić information content (AvgIpc) is 3.78. The zero-order chi connectivity index (χ0) is 41.4. The quantitative estimate of drug-likeness (QED) is 0.136. The van der Waals surface area contributed by atoms with Crippen LogP contribution in [0.15, 0.2) is 0 Å². The van der Waals surface area contributed by atoms with Gasteiger partial charge in [0.15, 0.2) is 0 Å². The summed E-state index contributed by atoms with van der Waals surface area (Å²) in [5.41, 5.74) is 5.46. The van der Waals surface area contributed by atoms with Gasteiger partial charge in [0.05, 0.1) is 0 Å². The lowest BCUT2D eigenvalue weighted by atomic mass is 9.94. The molecule has 0 aromatic carbocycles. The highest BCUT2D eigenvalue weighted by atomic mass is 16.5. The van der Waals surface area contributed by atoms with E-state index in [9.17, 15) is 19.2 Å². The number of nitrogens with one attached hydrogen (secondary N) is 1. The number of carbonyl (C=O) groups excluding carboxylic acids is 3. The molecule has 13 heteroatoms. The van der Waals surface area contributed by atoms with E-state index in [4.69, 9.17) is 30.2 Å². The topological polar surface area (TPSA) is 181 Å². The van der Waals surface area contributed by atoms with Gasteiger partial charge in [-0.05, 0) is 107 Å². The van der Waals surface area contributed by atoms with Crippen LogP contribution in [0.3, 0.4) is 0 Å². The Balaban J connectivity index is 0.000000696. The third-order valence-electron chi connectivity index (χ3n) is 10.2. The first-order valence-electron chi connectivity index (χ1n) is 20.3. The molecule has 318 valence electrons. The van der Waals surface area contributed by atoms with Crippen molar-refractivity contribution >= 4 is 23.7 Å². The van der Waals surface area contributed by atoms with Crippen LogP contribution in [0.4, 0.5) is 0 Å². The molecule has 3 fully saturated rings. The van der Waals surface area contributed by atoms with E-state index in [-0.39, 0.29) is 30.8 Å². The number of likely N-dealkylation sites (tertiary alicyclic amines) is 2. The van der Waals surface area contributed by atoms with Gasteiger partial charge in [0.1, 0.15) is 0 Å². The molecule has 0 aromatic heterocycles. The first-order chi connectivity index (χ1) is 25.4. The molecule has 0 radical (unpaired) electrons. The van der Waals surface area contributed by atoms with Gasteiger partial charge in [-0.3, -0.25) is 19.2 Å². The second kappa shape index (κ2) is 29.0. The largest absolute Gasteiger partial charge is 0.481 e. The number of aliphatic carboxylic acids is 1. The fourth-order valence-corrected chi connectivity index (χ4v) is 7.68. The molecule has 3 saturated heterocycles. The maximum absolute atomic E-state index is 11.7. The zero-order valence-electron chi connectivity index (χ0n) is 35.8. The minimum atomic E-state index is -0.778. The highest BCUT2D eigenvalue weighted by molar-refractivity contribution is 5.79. The summed E-state index contributed by atoms with van der Waals surface area (Å²) in [7, 11) is 5.09. The molecule has 0 aliphatic carbocycles. The van der Waals surface area contributed by atoms with Crippen molar-refractivity contribution in [2.24, 2.45) is 53.1 Å². The minimum Gasteiger partial charge on any atom is -0.481 e. The number of aliphatic hydroxyl groups excluding tert-OH is 1. The molecule has 3 aliphatic rings. The molecule has 0 spiro atoms. The molecule has 0 aromatic rings. The van der Waals surface area contributed by atoms with E-state index >= 15 is 0 Å². The smallest absolute Gasteiger partial charge is 0.303 e. The molecule has 0 saturated carbocycles. The number of rotatable bonds is 20. The molecule has 54 heavy (non-hydrogen) atoms. The second-order valence-electron chi connectivity index (χ2n) is 16.9. The number of aliphatic hydroxyl groups is 1. The van der Waals surface area contributed by atoms with E-state index in [0.29, 0.717) is 85.4 Å². The number of nitrogens with two attached hydrogens (primary N) is 1. The van der Waals surface area contributed by atoms with Crippen molar-refractivity contribution in [1.29, 1.82) is 0 Å². The van der Waals surface area contributed by atoms with Crippen LogP contribution in [-0.4, -0.2) is 130 Å². The SMILES string of the molecule is CC(CO)C[C@H]1CC(=O)N(C(C)C)C1.COCC(C)C[C@@H]1CNC(=O)C1.COCC(C)C[C@H](CN)CC(=O)O.COCC(C)C[C@H]1CC(=O)N(C(C)C)C1. The van der Waals surface area contributed by atoms with Crippen molar-refractivity contribution in [2.45, 2.75) is 119 Å². The number of methoxy groups -OCH3 is 3. The summed E-state index contributed by atoms with van der Waals surface area (Å²) in [6.45, 7) is 22.3. The van der Waals surface area contributed by atoms with Gasteiger partial charge in [-0.2, -0.15) is 0 Å². The molecule has 0 bridgehead atoms. The molecule has 3 heterocycles. The number of carbonyl (C=O) groups is 4. The van der Waals surface area contributed by atoms with Crippen LogP contribution in [0.2, 0.25) is 0 Å². The van der Waals surface area contributed by atoms with E-state index in [1.807, 2.05) is 23.6 Å². The summed E-state index contributed by atoms with van der Waals surface area (Å²) in [5.74, 6) is 3.41. The van der Waals surface area contributed by atoms with Gasteiger partial charge in [0, 0.05) is 105 Å². The predicted molar refractivity (Wildman–Crippen MR) is 214 cm³/mol. The molecule has 5 N–H and O–H groups in total. The number of nitrogens with zero attached hydrogens (tertiary/aromatic N) is 2. The van der Waals surface area contributed by atoms with Crippen molar-refractivity contribution in [3.8, 4) is 0 Å². The van der Waals surface area contributed by atoms with Crippen molar-refractivity contribution in [1.82, 2.24) is 15.1 Å². The molecule has 13 nitrogen and oxygen atoms in total. The fraction of sp³-hybridized carbons (Fsp3) is 0.902. The van der Waals surface area contributed by atoms with Gasteiger partial charge >= 0.3 is 5.97 Å². The van der Waals surface area contributed by atoms with Gasteiger partial charge in [-0.25, -0.2) is 0 Å². The van der Waals surface area contributed by atoms with E-state index in [2.05, 4.69) is 46.9 Å². The number of hydrogen-bond donors (Lipinski definition) is 4. The monoisotopic (exact) mass is 773 g/mol.